The molecule has 2 saturated heterocycles. The van der Waals surface area contributed by atoms with E-state index < -0.39 is 5.92 Å². The Morgan fingerprint density at radius 2 is 1.85 bits per heavy atom. The lowest BCUT2D eigenvalue weighted by atomic mass is 9.95. The number of amides is 2. The van der Waals surface area contributed by atoms with Gasteiger partial charge in [-0.1, -0.05) is 5.57 Å². The molecule has 9 nitrogen and oxygen atoms in total. The molecule has 3 heterocycles. The van der Waals surface area contributed by atoms with Gasteiger partial charge in [0.1, 0.15) is 5.75 Å². The summed E-state index contributed by atoms with van der Waals surface area (Å²) in [5.74, 6) is -0.161. The summed E-state index contributed by atoms with van der Waals surface area (Å²) in [5.41, 5.74) is 4.12. The summed E-state index contributed by atoms with van der Waals surface area (Å²) >= 11 is 0. The van der Waals surface area contributed by atoms with E-state index in [1.54, 1.807) is 0 Å². The van der Waals surface area contributed by atoms with Crippen LogP contribution in [0, 0.1) is 12.8 Å². The van der Waals surface area contributed by atoms with Crippen molar-refractivity contribution in [1.29, 1.82) is 0 Å². The summed E-state index contributed by atoms with van der Waals surface area (Å²) < 4.78 is 17.3. The first-order chi connectivity index (χ1) is 18.9. The number of rotatable bonds is 11. The molecule has 4 rings (SSSR count). The number of carbonyl (C=O) groups excluding carboxylic acids is 2. The van der Waals surface area contributed by atoms with Crippen molar-refractivity contribution in [3.8, 4) is 5.75 Å². The van der Waals surface area contributed by atoms with Crippen molar-refractivity contribution < 1.29 is 23.8 Å². The van der Waals surface area contributed by atoms with Crippen molar-refractivity contribution >= 4 is 23.2 Å². The van der Waals surface area contributed by atoms with Gasteiger partial charge in [-0.15, -0.1) is 0 Å². The van der Waals surface area contributed by atoms with Crippen molar-refractivity contribution in [2.24, 2.45) is 10.9 Å². The topological polar surface area (TPSA) is 92.7 Å². The highest BCUT2D eigenvalue weighted by Crippen LogP contribution is 2.33. The van der Waals surface area contributed by atoms with Gasteiger partial charge in [0.05, 0.1) is 25.7 Å². The number of ether oxygens (including phenoxy) is 3. The average molecular weight is 541 g/mol. The SMILES string of the molecule is CCN(c1cc(OCCCN2CCOCC2)cc(C(=O)NCC2C(=O)N=C(C)C=C2C)c1C)C1CCOCC1. The van der Waals surface area contributed by atoms with E-state index >= 15 is 0 Å². The fourth-order valence-corrected chi connectivity index (χ4v) is 5.66. The summed E-state index contributed by atoms with van der Waals surface area (Å²) in [6.45, 7) is 15.4. The van der Waals surface area contributed by atoms with Crippen LogP contribution in [0.3, 0.4) is 0 Å². The number of carbonyl (C=O) groups is 2. The molecule has 9 heteroatoms. The third kappa shape index (κ3) is 7.68. The van der Waals surface area contributed by atoms with Gasteiger partial charge in [-0.25, -0.2) is 4.99 Å². The van der Waals surface area contributed by atoms with E-state index in [0.717, 1.165) is 88.7 Å². The molecule has 0 aliphatic carbocycles. The van der Waals surface area contributed by atoms with Crippen LogP contribution in [0.1, 0.15) is 56.0 Å². The Bertz CT molecular complexity index is 1070. The molecule has 2 amide bonds. The molecule has 0 bridgehead atoms. The zero-order valence-electron chi connectivity index (χ0n) is 24.0. The van der Waals surface area contributed by atoms with Crippen LogP contribution in [0.4, 0.5) is 5.69 Å². The highest BCUT2D eigenvalue weighted by Gasteiger charge is 2.27. The standard InChI is InChI=1S/C30H44N4O5/c1-5-34(24-7-13-37-14-8-24)28-19-25(39-12-6-9-33-10-15-38-16-11-33)18-26(23(28)4)29(35)31-20-27-21(2)17-22(3)32-30(27)36/h17-19,24,27H,5-16,20H2,1-4H3,(H,31,35). The monoisotopic (exact) mass is 540 g/mol. The molecule has 1 unspecified atom stereocenters. The number of morpholine rings is 1. The van der Waals surface area contributed by atoms with Gasteiger partial charge in [0.15, 0.2) is 0 Å². The highest BCUT2D eigenvalue weighted by molar-refractivity contribution is 6.06. The molecule has 3 aliphatic heterocycles. The second kappa shape index (κ2) is 14.1. The fraction of sp³-hybridized carbons (Fsp3) is 0.633. The van der Waals surface area contributed by atoms with Crippen molar-refractivity contribution in [2.75, 3.05) is 70.7 Å². The maximum absolute atomic E-state index is 13.5. The minimum Gasteiger partial charge on any atom is -0.493 e. The second-order valence-electron chi connectivity index (χ2n) is 10.6. The molecule has 0 saturated carbocycles. The van der Waals surface area contributed by atoms with Gasteiger partial charge in [-0.2, -0.15) is 0 Å². The van der Waals surface area contributed by atoms with Crippen molar-refractivity contribution in [3.63, 3.8) is 0 Å². The lowest BCUT2D eigenvalue weighted by Crippen LogP contribution is -2.40. The molecule has 3 aliphatic rings. The predicted octanol–water partition coefficient (Wildman–Crippen LogP) is 3.39. The Hall–Kier alpha value is -2.75. The van der Waals surface area contributed by atoms with E-state index in [-0.39, 0.29) is 18.4 Å². The zero-order valence-corrected chi connectivity index (χ0v) is 24.0. The Morgan fingerprint density at radius 3 is 2.54 bits per heavy atom. The number of dihydropyridines is 1. The van der Waals surface area contributed by atoms with E-state index in [9.17, 15) is 9.59 Å². The van der Waals surface area contributed by atoms with Crippen molar-refractivity contribution in [2.45, 2.75) is 53.0 Å². The first-order valence-electron chi connectivity index (χ1n) is 14.3. The number of benzene rings is 1. The third-order valence-corrected chi connectivity index (χ3v) is 7.91. The Morgan fingerprint density at radius 1 is 1.13 bits per heavy atom. The van der Waals surface area contributed by atoms with Crippen LogP contribution in [-0.2, 0) is 14.3 Å². The van der Waals surface area contributed by atoms with Crippen LogP contribution < -0.4 is 15.0 Å². The Labute approximate surface area is 232 Å². The van der Waals surface area contributed by atoms with Crippen LogP contribution in [0.25, 0.3) is 0 Å². The molecule has 1 atom stereocenters. The maximum atomic E-state index is 13.5. The van der Waals surface area contributed by atoms with E-state index in [1.165, 1.54) is 0 Å². The van der Waals surface area contributed by atoms with E-state index in [4.69, 9.17) is 14.2 Å². The Balaban J connectivity index is 1.51. The van der Waals surface area contributed by atoms with Gasteiger partial charge >= 0.3 is 0 Å². The van der Waals surface area contributed by atoms with Crippen LogP contribution >= 0.6 is 0 Å². The van der Waals surface area contributed by atoms with Gasteiger partial charge in [-0.3, -0.25) is 14.5 Å². The molecular weight excluding hydrogens is 496 g/mol. The van der Waals surface area contributed by atoms with Gasteiger partial charge in [0.2, 0.25) is 0 Å². The van der Waals surface area contributed by atoms with Gasteiger partial charge in [-0.05, 0) is 64.7 Å². The molecule has 2 fully saturated rings. The van der Waals surface area contributed by atoms with Gasteiger partial charge in [0.25, 0.3) is 11.8 Å². The smallest absolute Gasteiger partial charge is 0.254 e. The van der Waals surface area contributed by atoms with Crippen LogP contribution in [0.2, 0.25) is 0 Å². The molecule has 1 N–H and O–H groups in total. The first-order valence-corrected chi connectivity index (χ1v) is 14.3. The summed E-state index contributed by atoms with van der Waals surface area (Å²) in [5, 5.41) is 3.00. The highest BCUT2D eigenvalue weighted by atomic mass is 16.5. The quantitative estimate of drug-likeness (QED) is 0.430. The number of aliphatic imine (C=N–C) groups is 1. The van der Waals surface area contributed by atoms with Crippen molar-refractivity contribution in [3.05, 3.63) is 34.9 Å². The van der Waals surface area contributed by atoms with E-state index in [2.05, 4.69) is 33.1 Å². The number of anilines is 1. The normalized spacial score (nSPS) is 20.8. The van der Waals surface area contributed by atoms with E-state index in [0.29, 0.717) is 29.7 Å². The molecule has 214 valence electrons. The van der Waals surface area contributed by atoms with Gasteiger partial charge in [0, 0.05) is 75.0 Å². The minimum atomic E-state index is -0.438. The Kier molecular flexibility index (Phi) is 10.5. The third-order valence-electron chi connectivity index (χ3n) is 7.91. The van der Waals surface area contributed by atoms with Crippen LogP contribution in [0.5, 0.6) is 5.75 Å². The molecule has 1 aromatic rings. The largest absolute Gasteiger partial charge is 0.493 e. The summed E-state index contributed by atoms with van der Waals surface area (Å²) in [7, 11) is 0. The van der Waals surface area contributed by atoms with E-state index in [1.807, 2.05) is 32.9 Å². The predicted molar refractivity (Wildman–Crippen MR) is 153 cm³/mol. The first kappa shape index (κ1) is 29.2. The number of nitrogens with zero attached hydrogens (tertiary/aromatic N) is 3. The lowest BCUT2D eigenvalue weighted by molar-refractivity contribution is -0.120. The molecular formula is C30H44N4O5. The number of allylic oxidation sites excluding steroid dienone is 1. The molecule has 1 aromatic carbocycles. The fourth-order valence-electron chi connectivity index (χ4n) is 5.66. The maximum Gasteiger partial charge on any atom is 0.254 e. The molecule has 39 heavy (non-hydrogen) atoms. The van der Waals surface area contributed by atoms with Crippen molar-refractivity contribution in [1.82, 2.24) is 10.2 Å². The number of hydrogen-bond donors (Lipinski definition) is 1. The summed E-state index contributed by atoms with van der Waals surface area (Å²) in [6, 6.07) is 4.27. The number of hydrogen-bond acceptors (Lipinski definition) is 7. The average Bonchev–Trinajstić information content (AvgIpc) is 2.93. The zero-order chi connectivity index (χ0) is 27.8. The van der Waals surface area contributed by atoms with Crippen LogP contribution in [-0.4, -0.2) is 94.2 Å². The molecule has 0 spiro atoms. The minimum absolute atomic E-state index is 0.206. The second-order valence-corrected chi connectivity index (χ2v) is 10.6. The van der Waals surface area contributed by atoms with Crippen LogP contribution in [0.15, 0.2) is 28.8 Å². The number of nitrogens with one attached hydrogen (secondary N) is 1. The van der Waals surface area contributed by atoms with Gasteiger partial charge < -0.3 is 24.4 Å². The summed E-state index contributed by atoms with van der Waals surface area (Å²) in [4.78, 5) is 34.8. The molecule has 0 aromatic heterocycles. The lowest BCUT2D eigenvalue weighted by Gasteiger charge is -2.36. The summed E-state index contributed by atoms with van der Waals surface area (Å²) in [6.07, 6.45) is 4.71. The molecule has 0 radical (unpaired) electrons.